The number of benzene rings is 1. The number of imide groups is 2. The Hall–Kier alpha value is -2.74. The number of fused-ring (bicyclic) bond motifs is 1. The van der Waals surface area contributed by atoms with Crippen LogP contribution in [0.3, 0.4) is 0 Å². The number of hydrogen-bond acceptors (Lipinski definition) is 6. The highest BCUT2D eigenvalue weighted by Crippen LogP contribution is 2.33. The minimum absolute atomic E-state index is 0.0453. The van der Waals surface area contributed by atoms with E-state index in [0.29, 0.717) is 29.9 Å². The highest BCUT2D eigenvalue weighted by Gasteiger charge is 2.40. The molecule has 0 radical (unpaired) electrons. The molecule has 0 bridgehead atoms. The zero-order valence-corrected chi connectivity index (χ0v) is 18.9. The van der Waals surface area contributed by atoms with Gasteiger partial charge in [-0.05, 0) is 44.9 Å². The van der Waals surface area contributed by atoms with E-state index in [0.717, 1.165) is 32.2 Å². The molecular weight excluding hydrogens is 410 g/mol. The van der Waals surface area contributed by atoms with Crippen molar-refractivity contribution < 1.29 is 23.9 Å². The monoisotopic (exact) mass is 445 g/mol. The van der Waals surface area contributed by atoms with E-state index in [1.165, 1.54) is 30.6 Å². The minimum atomic E-state index is -0.475. The van der Waals surface area contributed by atoms with Gasteiger partial charge in [0.15, 0.2) is 0 Å². The molecule has 0 saturated heterocycles. The highest BCUT2D eigenvalue weighted by molar-refractivity contribution is 6.22. The summed E-state index contributed by atoms with van der Waals surface area (Å²) >= 11 is 0. The third kappa shape index (κ3) is 7.15. The summed E-state index contributed by atoms with van der Waals surface area (Å²) in [5, 5.41) is 2.06. The molecule has 0 saturated carbocycles. The Bertz CT molecular complexity index is 796. The third-order valence-corrected chi connectivity index (χ3v) is 5.71. The lowest BCUT2D eigenvalue weighted by Crippen LogP contribution is -2.38. The van der Waals surface area contributed by atoms with Gasteiger partial charge in [-0.1, -0.05) is 44.6 Å². The number of rotatable bonds is 16. The average Bonchev–Trinajstić information content (AvgIpc) is 3.04. The number of carbonyl (C=O) groups is 4. The predicted octanol–water partition coefficient (Wildman–Crippen LogP) is 3.18. The first kappa shape index (κ1) is 25.5. The van der Waals surface area contributed by atoms with Gasteiger partial charge >= 0.3 is 0 Å². The molecule has 0 aliphatic carbocycles. The second-order valence-corrected chi connectivity index (χ2v) is 8.20. The number of carbonyl (C=O) groups excluding carboxylic acids is 4. The molecule has 3 N–H and O–H groups in total. The van der Waals surface area contributed by atoms with Crippen LogP contribution in [0.5, 0.6) is 5.75 Å². The summed E-state index contributed by atoms with van der Waals surface area (Å²) < 4.78 is 5.87. The summed E-state index contributed by atoms with van der Waals surface area (Å²) in [7, 11) is 0. The van der Waals surface area contributed by atoms with Gasteiger partial charge in [-0.15, -0.1) is 0 Å². The lowest BCUT2D eigenvalue weighted by atomic mass is 10.1. The fourth-order valence-corrected chi connectivity index (χ4v) is 3.89. The normalized spacial score (nSPS) is 13.8. The summed E-state index contributed by atoms with van der Waals surface area (Å²) in [6.07, 6.45) is 9.71. The van der Waals surface area contributed by atoms with E-state index in [2.05, 4.69) is 5.32 Å². The Labute approximate surface area is 189 Å². The van der Waals surface area contributed by atoms with Gasteiger partial charge in [-0.3, -0.25) is 29.4 Å². The third-order valence-electron chi connectivity index (χ3n) is 5.71. The van der Waals surface area contributed by atoms with Crippen LogP contribution in [0.15, 0.2) is 18.2 Å². The second kappa shape index (κ2) is 13.6. The van der Waals surface area contributed by atoms with E-state index in [1.807, 2.05) is 0 Å². The van der Waals surface area contributed by atoms with Crippen LogP contribution >= 0.6 is 0 Å². The molecule has 0 spiro atoms. The molecule has 1 aromatic rings. The van der Waals surface area contributed by atoms with Gasteiger partial charge in [-0.2, -0.15) is 0 Å². The van der Waals surface area contributed by atoms with Crippen molar-refractivity contribution in [3.63, 3.8) is 0 Å². The maximum Gasteiger partial charge on any atom is 0.265 e. The van der Waals surface area contributed by atoms with Crippen LogP contribution in [-0.4, -0.2) is 48.2 Å². The first-order valence-electron chi connectivity index (χ1n) is 11.6. The molecule has 1 unspecified atom stereocenters. The van der Waals surface area contributed by atoms with Gasteiger partial charge in [0.2, 0.25) is 12.3 Å². The van der Waals surface area contributed by atoms with Crippen molar-refractivity contribution >= 4 is 24.1 Å². The van der Waals surface area contributed by atoms with Gasteiger partial charge in [0, 0.05) is 12.5 Å². The molecule has 0 aromatic heterocycles. The van der Waals surface area contributed by atoms with Crippen LogP contribution < -0.4 is 15.8 Å². The topological polar surface area (TPSA) is 119 Å². The molecule has 8 heteroatoms. The van der Waals surface area contributed by atoms with Crippen molar-refractivity contribution in [2.24, 2.45) is 5.73 Å². The first-order chi connectivity index (χ1) is 15.5. The molecule has 1 aliphatic rings. The number of nitrogens with two attached hydrogens (primary N) is 1. The zero-order valence-electron chi connectivity index (χ0n) is 18.9. The molecule has 0 fully saturated rings. The molecule has 32 heavy (non-hydrogen) atoms. The van der Waals surface area contributed by atoms with Gasteiger partial charge in [-0.25, -0.2) is 0 Å². The first-order valence-corrected chi connectivity index (χ1v) is 11.6. The Kier molecular flexibility index (Phi) is 10.9. The van der Waals surface area contributed by atoms with Crippen LogP contribution in [0.2, 0.25) is 0 Å². The van der Waals surface area contributed by atoms with E-state index < -0.39 is 17.9 Å². The molecule has 1 aromatic carbocycles. The van der Waals surface area contributed by atoms with Gasteiger partial charge < -0.3 is 10.5 Å². The van der Waals surface area contributed by atoms with Crippen LogP contribution in [-0.2, 0) is 9.59 Å². The second-order valence-electron chi connectivity index (χ2n) is 8.20. The Morgan fingerprint density at radius 1 is 1.06 bits per heavy atom. The van der Waals surface area contributed by atoms with E-state index in [1.54, 1.807) is 25.1 Å². The maximum absolute atomic E-state index is 13.0. The van der Waals surface area contributed by atoms with E-state index in [-0.39, 0.29) is 18.7 Å². The van der Waals surface area contributed by atoms with Crippen molar-refractivity contribution in [1.82, 2.24) is 10.2 Å². The molecule has 4 amide bonds. The molecule has 1 heterocycles. The largest absolute Gasteiger partial charge is 0.493 e. The number of nitrogens with one attached hydrogen (secondary N) is 1. The summed E-state index contributed by atoms with van der Waals surface area (Å²) in [5.41, 5.74) is 6.12. The SMILES string of the molecule is CC(CCC(=O)NC=O)N1C(=O)c2cccc(OCCCCCCCCCCN)c2C1=O. The van der Waals surface area contributed by atoms with Crippen molar-refractivity contribution in [3.05, 3.63) is 29.3 Å². The lowest BCUT2D eigenvalue weighted by molar-refractivity contribution is -0.125. The molecule has 2 rings (SSSR count). The van der Waals surface area contributed by atoms with E-state index >= 15 is 0 Å². The van der Waals surface area contributed by atoms with Crippen molar-refractivity contribution in [3.8, 4) is 5.75 Å². The lowest BCUT2D eigenvalue weighted by Gasteiger charge is -2.22. The summed E-state index contributed by atoms with van der Waals surface area (Å²) in [6, 6.07) is 4.58. The number of unbranched alkanes of at least 4 members (excludes halogenated alkanes) is 7. The Morgan fingerprint density at radius 3 is 2.38 bits per heavy atom. The Balaban J connectivity index is 1.83. The molecule has 1 aliphatic heterocycles. The van der Waals surface area contributed by atoms with Crippen LogP contribution in [0.1, 0.15) is 91.8 Å². The smallest absolute Gasteiger partial charge is 0.265 e. The van der Waals surface area contributed by atoms with E-state index in [9.17, 15) is 19.2 Å². The van der Waals surface area contributed by atoms with Crippen molar-refractivity contribution in [1.29, 1.82) is 0 Å². The zero-order chi connectivity index (χ0) is 23.3. The summed E-state index contributed by atoms with van der Waals surface area (Å²) in [6.45, 7) is 2.98. The van der Waals surface area contributed by atoms with Gasteiger partial charge in [0.25, 0.3) is 11.8 Å². The molecular formula is C24H35N3O5. The molecule has 176 valence electrons. The molecule has 8 nitrogen and oxygen atoms in total. The van der Waals surface area contributed by atoms with E-state index in [4.69, 9.17) is 10.5 Å². The van der Waals surface area contributed by atoms with Crippen molar-refractivity contribution in [2.45, 2.75) is 77.2 Å². The van der Waals surface area contributed by atoms with Crippen molar-refractivity contribution in [2.75, 3.05) is 13.2 Å². The fourth-order valence-electron chi connectivity index (χ4n) is 3.89. The van der Waals surface area contributed by atoms with Crippen LogP contribution in [0.25, 0.3) is 0 Å². The maximum atomic E-state index is 13.0. The quantitative estimate of drug-likeness (QED) is 0.229. The van der Waals surface area contributed by atoms with Gasteiger partial charge in [0.1, 0.15) is 5.75 Å². The Morgan fingerprint density at radius 2 is 1.72 bits per heavy atom. The number of nitrogens with zero attached hydrogens (tertiary/aromatic N) is 1. The summed E-state index contributed by atoms with van der Waals surface area (Å²) in [5.74, 6) is -0.797. The number of hydrogen-bond donors (Lipinski definition) is 2. The summed E-state index contributed by atoms with van der Waals surface area (Å²) in [4.78, 5) is 48.8. The fraction of sp³-hybridized carbons (Fsp3) is 0.583. The van der Waals surface area contributed by atoms with Crippen LogP contribution in [0, 0.1) is 0 Å². The highest BCUT2D eigenvalue weighted by atomic mass is 16.5. The average molecular weight is 446 g/mol. The van der Waals surface area contributed by atoms with Gasteiger partial charge in [0.05, 0.1) is 17.7 Å². The predicted molar refractivity (Wildman–Crippen MR) is 121 cm³/mol. The molecule has 1 atom stereocenters. The minimum Gasteiger partial charge on any atom is -0.493 e. The number of amides is 4. The standard InChI is InChI=1S/C24H35N3O5/c1-18(13-14-21(29)26-17-28)27-23(30)19-11-10-12-20(22(19)24(27)31)32-16-9-7-5-3-2-4-6-8-15-25/h10-12,17-18H,2-9,13-16,25H2,1H3,(H,26,28,29). The van der Waals surface area contributed by atoms with Crippen LogP contribution in [0.4, 0.5) is 0 Å². The number of ether oxygens (including phenoxy) is 1.